The molecule has 0 spiro atoms. The second-order valence-electron chi connectivity index (χ2n) is 4.71. The molecule has 1 aliphatic rings. The lowest BCUT2D eigenvalue weighted by molar-refractivity contribution is -0.141. The van der Waals surface area contributed by atoms with E-state index in [0.717, 1.165) is 30.2 Å². The Morgan fingerprint density at radius 3 is 3.11 bits per heavy atom. The van der Waals surface area contributed by atoms with Gasteiger partial charge in [-0.3, -0.25) is 9.69 Å². The van der Waals surface area contributed by atoms with Crippen molar-refractivity contribution in [3.8, 4) is 10.6 Å². The molecule has 0 saturated carbocycles. The van der Waals surface area contributed by atoms with Gasteiger partial charge in [0, 0.05) is 29.4 Å². The van der Waals surface area contributed by atoms with Gasteiger partial charge in [-0.2, -0.15) is 11.3 Å². The highest BCUT2D eigenvalue weighted by molar-refractivity contribution is 7.14. The molecule has 1 saturated heterocycles. The Balaban J connectivity index is 1.64. The standard InChI is InChI=1S/C13H14N2O2S2/c16-13(17)9-1-3-15(5-9)6-11-8-19-12(14-11)10-2-4-18-7-10/h2,4,7-9H,1,3,5-6H2,(H,16,17). The first-order valence-corrected chi connectivity index (χ1v) is 7.97. The van der Waals surface area contributed by atoms with Crippen LogP contribution in [0.3, 0.4) is 0 Å². The van der Waals surface area contributed by atoms with E-state index in [2.05, 4.69) is 26.7 Å². The number of hydrogen-bond donors (Lipinski definition) is 1. The minimum absolute atomic E-state index is 0.213. The van der Waals surface area contributed by atoms with E-state index in [1.54, 1.807) is 22.7 Å². The van der Waals surface area contributed by atoms with Gasteiger partial charge in [-0.15, -0.1) is 11.3 Å². The Labute approximate surface area is 119 Å². The molecule has 3 rings (SSSR count). The lowest BCUT2D eigenvalue weighted by Gasteiger charge is -2.12. The molecule has 4 nitrogen and oxygen atoms in total. The number of thiazole rings is 1. The molecule has 2 aromatic rings. The summed E-state index contributed by atoms with van der Waals surface area (Å²) in [5, 5.41) is 16.3. The van der Waals surface area contributed by atoms with Crippen molar-refractivity contribution >= 4 is 28.6 Å². The molecule has 0 radical (unpaired) electrons. The molecule has 1 unspecified atom stereocenters. The van der Waals surface area contributed by atoms with Crippen molar-refractivity contribution in [2.45, 2.75) is 13.0 Å². The van der Waals surface area contributed by atoms with Crippen molar-refractivity contribution in [2.75, 3.05) is 13.1 Å². The molecule has 1 atom stereocenters. The molecule has 19 heavy (non-hydrogen) atoms. The van der Waals surface area contributed by atoms with Crippen LogP contribution >= 0.6 is 22.7 Å². The van der Waals surface area contributed by atoms with Crippen LogP contribution in [-0.2, 0) is 11.3 Å². The van der Waals surface area contributed by atoms with E-state index >= 15 is 0 Å². The van der Waals surface area contributed by atoms with Crippen molar-refractivity contribution in [1.82, 2.24) is 9.88 Å². The van der Waals surface area contributed by atoms with Crippen molar-refractivity contribution in [3.63, 3.8) is 0 Å². The highest BCUT2D eigenvalue weighted by Crippen LogP contribution is 2.27. The number of thiophene rings is 1. The number of hydrogen-bond acceptors (Lipinski definition) is 5. The number of nitrogens with zero attached hydrogens (tertiary/aromatic N) is 2. The van der Waals surface area contributed by atoms with Crippen LogP contribution < -0.4 is 0 Å². The minimum Gasteiger partial charge on any atom is -0.481 e. The van der Waals surface area contributed by atoms with Crippen LogP contribution in [0.2, 0.25) is 0 Å². The number of aliphatic carboxylic acids is 1. The summed E-state index contributed by atoms with van der Waals surface area (Å²) in [6.07, 6.45) is 0.747. The molecule has 0 aliphatic carbocycles. The van der Waals surface area contributed by atoms with Gasteiger partial charge in [-0.1, -0.05) is 0 Å². The molecule has 0 amide bonds. The first-order valence-electron chi connectivity index (χ1n) is 6.14. The summed E-state index contributed by atoms with van der Waals surface area (Å²) in [5.74, 6) is -0.894. The lowest BCUT2D eigenvalue weighted by Crippen LogP contribution is -2.22. The quantitative estimate of drug-likeness (QED) is 0.942. The maximum Gasteiger partial charge on any atom is 0.307 e. The molecule has 0 aromatic carbocycles. The van der Waals surface area contributed by atoms with Gasteiger partial charge in [0.2, 0.25) is 0 Å². The van der Waals surface area contributed by atoms with Gasteiger partial charge in [0.15, 0.2) is 0 Å². The van der Waals surface area contributed by atoms with Gasteiger partial charge < -0.3 is 5.11 Å². The maximum absolute atomic E-state index is 10.9. The van der Waals surface area contributed by atoms with Gasteiger partial charge >= 0.3 is 5.97 Å². The zero-order valence-electron chi connectivity index (χ0n) is 10.3. The van der Waals surface area contributed by atoms with Gasteiger partial charge in [0.1, 0.15) is 5.01 Å². The molecule has 6 heteroatoms. The van der Waals surface area contributed by atoms with Crippen LogP contribution in [0.4, 0.5) is 0 Å². The minimum atomic E-state index is -0.681. The molecule has 1 fully saturated rings. The van der Waals surface area contributed by atoms with Crippen molar-refractivity contribution in [1.29, 1.82) is 0 Å². The number of rotatable bonds is 4. The number of carboxylic acid groups (broad SMARTS) is 1. The Morgan fingerprint density at radius 2 is 2.42 bits per heavy atom. The van der Waals surface area contributed by atoms with Crippen LogP contribution in [0, 0.1) is 5.92 Å². The second-order valence-corrected chi connectivity index (χ2v) is 6.35. The smallest absolute Gasteiger partial charge is 0.307 e. The fraction of sp³-hybridized carbons (Fsp3) is 0.385. The third kappa shape index (κ3) is 2.86. The van der Waals surface area contributed by atoms with Crippen molar-refractivity contribution < 1.29 is 9.90 Å². The highest BCUT2D eigenvalue weighted by atomic mass is 32.1. The van der Waals surface area contributed by atoms with Gasteiger partial charge in [0.05, 0.1) is 11.6 Å². The zero-order chi connectivity index (χ0) is 13.2. The molecule has 3 heterocycles. The number of carbonyl (C=O) groups is 1. The number of aromatic nitrogens is 1. The van der Waals surface area contributed by atoms with E-state index < -0.39 is 5.97 Å². The average molecular weight is 294 g/mol. The fourth-order valence-corrected chi connectivity index (χ4v) is 3.83. The second kappa shape index (κ2) is 5.40. The molecule has 1 aliphatic heterocycles. The molecule has 100 valence electrons. The SMILES string of the molecule is O=C(O)C1CCN(Cc2csc(-c3ccsc3)n2)C1. The van der Waals surface area contributed by atoms with Crippen LogP contribution in [-0.4, -0.2) is 34.0 Å². The fourth-order valence-electron chi connectivity index (χ4n) is 2.31. The van der Waals surface area contributed by atoms with Crippen LogP contribution in [0.1, 0.15) is 12.1 Å². The molecular formula is C13H14N2O2S2. The van der Waals surface area contributed by atoms with E-state index in [0.29, 0.717) is 6.54 Å². The highest BCUT2D eigenvalue weighted by Gasteiger charge is 2.28. The Morgan fingerprint density at radius 1 is 1.53 bits per heavy atom. The van der Waals surface area contributed by atoms with Crippen molar-refractivity contribution in [3.05, 3.63) is 27.9 Å². The predicted molar refractivity (Wildman–Crippen MR) is 76.4 cm³/mol. The van der Waals surface area contributed by atoms with E-state index in [1.165, 1.54) is 5.56 Å². The average Bonchev–Trinajstić information content (AvgIpc) is 3.09. The first kappa shape index (κ1) is 12.8. The summed E-state index contributed by atoms with van der Waals surface area (Å²) in [6, 6.07) is 2.07. The summed E-state index contributed by atoms with van der Waals surface area (Å²) >= 11 is 3.32. The van der Waals surface area contributed by atoms with E-state index in [9.17, 15) is 4.79 Å². The van der Waals surface area contributed by atoms with Gasteiger partial charge in [-0.25, -0.2) is 4.98 Å². The third-order valence-corrected chi connectivity index (χ3v) is 4.95. The van der Waals surface area contributed by atoms with Crippen LogP contribution in [0.25, 0.3) is 10.6 Å². The topological polar surface area (TPSA) is 53.4 Å². The Kier molecular flexibility index (Phi) is 3.63. The normalized spacial score (nSPS) is 19.9. The summed E-state index contributed by atoms with van der Waals surface area (Å²) in [6.45, 7) is 2.24. The predicted octanol–water partition coefficient (Wildman–Crippen LogP) is 2.78. The summed E-state index contributed by atoms with van der Waals surface area (Å²) in [5.41, 5.74) is 2.21. The molecular weight excluding hydrogens is 280 g/mol. The van der Waals surface area contributed by atoms with E-state index in [4.69, 9.17) is 5.11 Å². The maximum atomic E-state index is 10.9. The Bertz CT molecular complexity index is 565. The Hall–Kier alpha value is -1.24. The number of carboxylic acids is 1. The summed E-state index contributed by atoms with van der Waals surface area (Å²) in [7, 11) is 0. The van der Waals surface area contributed by atoms with E-state index in [-0.39, 0.29) is 5.92 Å². The summed E-state index contributed by atoms with van der Waals surface area (Å²) < 4.78 is 0. The third-order valence-electron chi connectivity index (χ3n) is 3.33. The molecule has 1 N–H and O–H groups in total. The largest absolute Gasteiger partial charge is 0.481 e. The lowest BCUT2D eigenvalue weighted by atomic mass is 10.1. The monoisotopic (exact) mass is 294 g/mol. The molecule has 2 aromatic heterocycles. The first-order chi connectivity index (χ1) is 9.22. The number of likely N-dealkylation sites (tertiary alicyclic amines) is 1. The zero-order valence-corrected chi connectivity index (χ0v) is 11.9. The van der Waals surface area contributed by atoms with Crippen LogP contribution in [0.15, 0.2) is 22.2 Å². The summed E-state index contributed by atoms with van der Waals surface area (Å²) in [4.78, 5) is 17.7. The van der Waals surface area contributed by atoms with Gasteiger partial charge in [-0.05, 0) is 24.4 Å². The van der Waals surface area contributed by atoms with E-state index in [1.807, 2.05) is 5.38 Å². The van der Waals surface area contributed by atoms with Crippen molar-refractivity contribution in [2.24, 2.45) is 5.92 Å². The van der Waals surface area contributed by atoms with Crippen LogP contribution in [0.5, 0.6) is 0 Å². The molecule has 0 bridgehead atoms. The van der Waals surface area contributed by atoms with Gasteiger partial charge in [0.25, 0.3) is 0 Å².